The van der Waals surface area contributed by atoms with Gasteiger partial charge in [-0.2, -0.15) is 0 Å². The highest BCUT2D eigenvalue weighted by Gasteiger charge is 2.13. The summed E-state index contributed by atoms with van der Waals surface area (Å²) >= 11 is 0. The first-order valence-corrected chi connectivity index (χ1v) is 4.96. The number of halogens is 1. The topological polar surface area (TPSA) is 36.4 Å². The third kappa shape index (κ3) is 2.15. The zero-order chi connectivity index (χ0) is 10.7. The number of nitrogens with zero attached hydrogens (tertiary/aromatic N) is 2. The van der Waals surface area contributed by atoms with Gasteiger partial charge in [-0.1, -0.05) is 12.2 Å². The molecular weight excluding hydrogens is 195 g/mol. The van der Waals surface area contributed by atoms with E-state index in [1.54, 1.807) is 0 Å². The van der Waals surface area contributed by atoms with Gasteiger partial charge in [-0.15, -0.1) is 0 Å². The summed E-state index contributed by atoms with van der Waals surface area (Å²) in [6.07, 6.45) is 6.31. The van der Waals surface area contributed by atoms with Crippen LogP contribution in [0.1, 0.15) is 12.0 Å². The highest BCUT2D eigenvalue weighted by Crippen LogP contribution is 2.20. The molecule has 15 heavy (non-hydrogen) atoms. The van der Waals surface area contributed by atoms with Crippen molar-refractivity contribution in [3.8, 4) is 0 Å². The van der Waals surface area contributed by atoms with Gasteiger partial charge in [0.05, 0.1) is 12.8 Å². The predicted molar refractivity (Wildman–Crippen MR) is 56.1 cm³/mol. The number of pyridine rings is 1. The molecular formula is C11H13FN2O. The molecule has 1 aliphatic heterocycles. The van der Waals surface area contributed by atoms with Crippen LogP contribution in [-0.2, 0) is 6.61 Å². The molecule has 1 N–H and O–H groups in total. The fourth-order valence-electron chi connectivity index (χ4n) is 1.71. The number of aromatic nitrogens is 1. The van der Waals surface area contributed by atoms with Crippen molar-refractivity contribution in [1.82, 2.24) is 4.98 Å². The zero-order valence-electron chi connectivity index (χ0n) is 8.36. The lowest BCUT2D eigenvalue weighted by atomic mass is 10.2. The van der Waals surface area contributed by atoms with E-state index in [0.29, 0.717) is 11.4 Å². The van der Waals surface area contributed by atoms with E-state index in [1.165, 1.54) is 12.3 Å². The number of hydrogen-bond acceptors (Lipinski definition) is 3. The third-order valence-corrected chi connectivity index (χ3v) is 2.44. The molecule has 0 aliphatic carbocycles. The van der Waals surface area contributed by atoms with Crippen molar-refractivity contribution in [1.29, 1.82) is 0 Å². The summed E-state index contributed by atoms with van der Waals surface area (Å²) in [5, 5.41) is 9.12. The number of hydrogen-bond donors (Lipinski definition) is 1. The second-order valence-electron chi connectivity index (χ2n) is 3.50. The summed E-state index contributed by atoms with van der Waals surface area (Å²) < 4.78 is 12.9. The Labute approximate surface area is 87.9 Å². The van der Waals surface area contributed by atoms with E-state index < -0.39 is 5.82 Å². The van der Waals surface area contributed by atoms with Crippen LogP contribution in [0.5, 0.6) is 0 Å². The largest absolute Gasteiger partial charge is 0.392 e. The average molecular weight is 208 g/mol. The Bertz CT molecular complexity index is 379. The summed E-state index contributed by atoms with van der Waals surface area (Å²) in [6, 6.07) is 1.33. The van der Waals surface area contributed by atoms with E-state index in [1.807, 2.05) is 4.90 Å². The molecule has 0 atom stereocenters. The Kier molecular flexibility index (Phi) is 2.97. The fraction of sp³-hybridized carbons (Fsp3) is 0.364. The first kappa shape index (κ1) is 10.1. The van der Waals surface area contributed by atoms with Gasteiger partial charge in [0.25, 0.3) is 0 Å². The zero-order valence-corrected chi connectivity index (χ0v) is 8.36. The lowest BCUT2D eigenvalue weighted by molar-refractivity contribution is 0.281. The second kappa shape index (κ2) is 4.40. The molecule has 3 nitrogen and oxygen atoms in total. The van der Waals surface area contributed by atoms with Crippen molar-refractivity contribution in [3.63, 3.8) is 0 Å². The van der Waals surface area contributed by atoms with Crippen LogP contribution in [0.3, 0.4) is 0 Å². The Morgan fingerprint density at radius 1 is 1.47 bits per heavy atom. The van der Waals surface area contributed by atoms with Crippen LogP contribution in [0, 0.1) is 5.82 Å². The van der Waals surface area contributed by atoms with Gasteiger partial charge < -0.3 is 10.0 Å². The first-order chi connectivity index (χ1) is 7.31. The third-order valence-electron chi connectivity index (χ3n) is 2.44. The molecule has 1 aliphatic rings. The Morgan fingerprint density at radius 3 is 3.00 bits per heavy atom. The lowest BCUT2D eigenvalue weighted by Gasteiger charge is -2.26. The first-order valence-electron chi connectivity index (χ1n) is 4.96. The van der Waals surface area contributed by atoms with Crippen molar-refractivity contribution in [2.75, 3.05) is 18.0 Å². The van der Waals surface area contributed by atoms with E-state index in [2.05, 4.69) is 17.1 Å². The summed E-state index contributed by atoms with van der Waals surface area (Å²) in [6.45, 7) is 1.45. The molecule has 0 bridgehead atoms. The van der Waals surface area contributed by atoms with Crippen LogP contribution in [0.15, 0.2) is 24.4 Å². The Morgan fingerprint density at radius 2 is 2.33 bits per heavy atom. The summed E-state index contributed by atoms with van der Waals surface area (Å²) in [5.74, 6) is 0.276. The quantitative estimate of drug-likeness (QED) is 0.748. The molecule has 0 spiro atoms. The van der Waals surface area contributed by atoms with Crippen molar-refractivity contribution in [2.45, 2.75) is 13.0 Å². The van der Waals surface area contributed by atoms with E-state index in [4.69, 9.17) is 5.11 Å². The molecule has 80 valence electrons. The van der Waals surface area contributed by atoms with E-state index in [0.717, 1.165) is 19.5 Å². The molecule has 1 aromatic heterocycles. The van der Waals surface area contributed by atoms with Crippen molar-refractivity contribution >= 4 is 5.82 Å². The molecule has 2 heterocycles. The number of aliphatic hydroxyl groups excluding tert-OH is 1. The highest BCUT2D eigenvalue weighted by molar-refractivity contribution is 5.47. The SMILES string of the molecule is OCc1cc(F)cnc1N1CC=CCC1. The van der Waals surface area contributed by atoms with Crippen LogP contribution in [-0.4, -0.2) is 23.2 Å². The molecule has 0 saturated carbocycles. The van der Waals surface area contributed by atoms with Crippen molar-refractivity contribution in [2.24, 2.45) is 0 Å². The standard InChI is InChI=1S/C11H13FN2O/c12-10-6-9(8-15)11(13-7-10)14-4-2-1-3-5-14/h1-2,6-7,15H,3-5,8H2. The predicted octanol–water partition coefficient (Wildman–Crippen LogP) is 1.48. The Hall–Kier alpha value is -1.42. The molecule has 0 aromatic carbocycles. The van der Waals surface area contributed by atoms with Gasteiger partial charge in [-0.25, -0.2) is 9.37 Å². The van der Waals surface area contributed by atoms with Gasteiger partial charge in [0, 0.05) is 18.7 Å². The van der Waals surface area contributed by atoms with Crippen molar-refractivity contribution in [3.05, 3.63) is 35.8 Å². The van der Waals surface area contributed by atoms with E-state index >= 15 is 0 Å². The Balaban J connectivity index is 2.30. The summed E-state index contributed by atoms with van der Waals surface area (Å²) in [4.78, 5) is 6.06. The summed E-state index contributed by atoms with van der Waals surface area (Å²) in [5.41, 5.74) is 0.547. The minimum absolute atomic E-state index is 0.180. The minimum atomic E-state index is -0.407. The maximum Gasteiger partial charge on any atom is 0.142 e. The van der Waals surface area contributed by atoms with Crippen LogP contribution in [0.4, 0.5) is 10.2 Å². The molecule has 0 fully saturated rings. The van der Waals surface area contributed by atoms with Gasteiger partial charge in [0.2, 0.25) is 0 Å². The normalized spacial score (nSPS) is 15.7. The molecule has 0 radical (unpaired) electrons. The lowest BCUT2D eigenvalue weighted by Crippen LogP contribution is -2.28. The summed E-state index contributed by atoms with van der Waals surface area (Å²) in [7, 11) is 0. The van der Waals surface area contributed by atoms with Crippen LogP contribution in [0.25, 0.3) is 0 Å². The molecule has 0 unspecified atom stereocenters. The maximum atomic E-state index is 12.9. The monoisotopic (exact) mass is 208 g/mol. The number of anilines is 1. The van der Waals surface area contributed by atoms with Crippen LogP contribution in [0.2, 0.25) is 0 Å². The smallest absolute Gasteiger partial charge is 0.142 e. The molecule has 0 saturated heterocycles. The van der Waals surface area contributed by atoms with E-state index in [-0.39, 0.29) is 6.61 Å². The van der Waals surface area contributed by atoms with Crippen LogP contribution >= 0.6 is 0 Å². The maximum absolute atomic E-state index is 12.9. The highest BCUT2D eigenvalue weighted by atomic mass is 19.1. The molecule has 4 heteroatoms. The molecule has 0 amide bonds. The fourth-order valence-corrected chi connectivity index (χ4v) is 1.71. The van der Waals surface area contributed by atoms with Gasteiger partial charge in [-0.05, 0) is 12.5 Å². The average Bonchev–Trinajstić information content (AvgIpc) is 2.30. The minimum Gasteiger partial charge on any atom is -0.392 e. The molecule has 2 rings (SSSR count). The number of aliphatic hydroxyl groups is 1. The van der Waals surface area contributed by atoms with E-state index in [9.17, 15) is 4.39 Å². The van der Waals surface area contributed by atoms with Gasteiger partial charge >= 0.3 is 0 Å². The van der Waals surface area contributed by atoms with Gasteiger partial charge in [0.15, 0.2) is 0 Å². The molecule has 1 aromatic rings. The van der Waals surface area contributed by atoms with Gasteiger partial charge in [-0.3, -0.25) is 0 Å². The second-order valence-corrected chi connectivity index (χ2v) is 3.50. The van der Waals surface area contributed by atoms with Gasteiger partial charge in [0.1, 0.15) is 11.6 Å². The van der Waals surface area contributed by atoms with Crippen LogP contribution < -0.4 is 4.90 Å². The number of rotatable bonds is 2. The van der Waals surface area contributed by atoms with Crippen molar-refractivity contribution < 1.29 is 9.50 Å².